The van der Waals surface area contributed by atoms with Crippen LogP contribution in [0.5, 0.6) is 0 Å². The zero-order valence-electron chi connectivity index (χ0n) is 14.6. The van der Waals surface area contributed by atoms with Gasteiger partial charge < -0.3 is 10.4 Å². The molecule has 2 amide bonds. The first-order chi connectivity index (χ1) is 10.6. The van der Waals surface area contributed by atoms with E-state index in [4.69, 9.17) is 5.11 Å². The summed E-state index contributed by atoms with van der Waals surface area (Å²) >= 11 is 0. The van der Waals surface area contributed by atoms with Gasteiger partial charge in [-0.05, 0) is 39.5 Å². The number of hydrogen-bond acceptors (Lipinski definition) is 3. The molecule has 0 aliphatic carbocycles. The van der Waals surface area contributed by atoms with Crippen LogP contribution in [-0.2, 0) is 4.79 Å². The Bertz CT molecular complexity index is 537. The van der Waals surface area contributed by atoms with Crippen LogP contribution < -0.4 is 10.6 Å². The molecule has 0 spiro atoms. The van der Waals surface area contributed by atoms with Gasteiger partial charge >= 0.3 is 12.0 Å². The molecule has 0 aliphatic heterocycles. The lowest BCUT2D eigenvalue weighted by molar-refractivity contribution is -0.137. The number of carboxylic acids is 1. The molecule has 0 saturated heterocycles. The normalized spacial score (nSPS) is 13.0. The van der Waals surface area contributed by atoms with Crippen LogP contribution in [0, 0.1) is 5.92 Å². The fourth-order valence-electron chi connectivity index (χ4n) is 2.48. The molecule has 0 aliphatic rings. The van der Waals surface area contributed by atoms with Crippen molar-refractivity contribution in [3.63, 3.8) is 0 Å². The molecule has 1 heterocycles. The van der Waals surface area contributed by atoms with Crippen LogP contribution in [0.4, 0.5) is 10.6 Å². The predicted molar refractivity (Wildman–Crippen MR) is 89.5 cm³/mol. The van der Waals surface area contributed by atoms with Crippen molar-refractivity contribution in [2.24, 2.45) is 5.92 Å². The van der Waals surface area contributed by atoms with Crippen molar-refractivity contribution in [3.05, 3.63) is 12.3 Å². The molecule has 0 aromatic carbocycles. The van der Waals surface area contributed by atoms with E-state index in [1.807, 2.05) is 0 Å². The van der Waals surface area contributed by atoms with Gasteiger partial charge in [-0.25, -0.2) is 9.48 Å². The van der Waals surface area contributed by atoms with Crippen LogP contribution in [0.2, 0.25) is 0 Å². The lowest BCUT2D eigenvalue weighted by Gasteiger charge is -2.26. The van der Waals surface area contributed by atoms with E-state index in [0.717, 1.165) is 6.42 Å². The molecule has 1 atom stereocenters. The lowest BCUT2D eigenvalue weighted by atomic mass is 9.99. The number of amides is 2. The number of carbonyl (C=O) groups excluding carboxylic acids is 1. The second kappa shape index (κ2) is 7.99. The summed E-state index contributed by atoms with van der Waals surface area (Å²) in [7, 11) is 0. The molecular formula is C16H28N4O3. The number of aliphatic carboxylic acids is 1. The maximum atomic E-state index is 12.2. The van der Waals surface area contributed by atoms with Crippen LogP contribution in [-0.4, -0.2) is 32.4 Å². The average molecular weight is 324 g/mol. The van der Waals surface area contributed by atoms with E-state index < -0.39 is 11.5 Å². The molecule has 23 heavy (non-hydrogen) atoms. The molecule has 3 N–H and O–H groups in total. The van der Waals surface area contributed by atoms with E-state index >= 15 is 0 Å². The SMILES string of the molecule is CC(C)CC(C)n1nccc1NC(=O)NC(C)(C)CCC(=O)O. The summed E-state index contributed by atoms with van der Waals surface area (Å²) in [6.45, 7) is 9.95. The summed E-state index contributed by atoms with van der Waals surface area (Å²) in [5, 5.41) is 18.6. The number of hydrogen-bond donors (Lipinski definition) is 3. The largest absolute Gasteiger partial charge is 0.481 e. The summed E-state index contributed by atoms with van der Waals surface area (Å²) < 4.78 is 1.80. The Labute approximate surface area is 137 Å². The first-order valence-electron chi connectivity index (χ1n) is 7.95. The van der Waals surface area contributed by atoms with Crippen molar-refractivity contribution in [3.8, 4) is 0 Å². The summed E-state index contributed by atoms with van der Waals surface area (Å²) in [6, 6.07) is 1.57. The monoisotopic (exact) mass is 324 g/mol. The van der Waals surface area contributed by atoms with E-state index in [1.54, 1.807) is 30.8 Å². The van der Waals surface area contributed by atoms with Gasteiger partial charge in [0.15, 0.2) is 0 Å². The van der Waals surface area contributed by atoms with Crippen LogP contribution in [0.3, 0.4) is 0 Å². The molecule has 7 heteroatoms. The Balaban J connectivity index is 2.64. The van der Waals surface area contributed by atoms with Gasteiger partial charge in [0, 0.05) is 18.0 Å². The fourth-order valence-corrected chi connectivity index (χ4v) is 2.48. The molecule has 7 nitrogen and oxygen atoms in total. The standard InChI is InChI=1S/C16H28N4O3/c1-11(2)10-12(3)20-13(7-9-17-20)18-15(23)19-16(4,5)8-6-14(21)22/h7,9,11-12H,6,8,10H2,1-5H3,(H,21,22)(H2,18,19,23). The van der Waals surface area contributed by atoms with Crippen molar-refractivity contribution < 1.29 is 14.7 Å². The van der Waals surface area contributed by atoms with E-state index in [0.29, 0.717) is 18.2 Å². The van der Waals surface area contributed by atoms with Crippen LogP contribution in [0.1, 0.15) is 59.9 Å². The Hall–Kier alpha value is -2.05. The molecule has 1 aromatic rings. The third-order valence-electron chi connectivity index (χ3n) is 3.56. The zero-order chi connectivity index (χ0) is 17.6. The third-order valence-corrected chi connectivity index (χ3v) is 3.56. The Morgan fingerprint density at radius 1 is 1.35 bits per heavy atom. The van der Waals surface area contributed by atoms with Crippen molar-refractivity contribution in [2.45, 2.75) is 65.5 Å². The van der Waals surface area contributed by atoms with Gasteiger partial charge in [0.2, 0.25) is 0 Å². The highest BCUT2D eigenvalue weighted by atomic mass is 16.4. The van der Waals surface area contributed by atoms with E-state index in [9.17, 15) is 9.59 Å². The highest BCUT2D eigenvalue weighted by Gasteiger charge is 2.22. The van der Waals surface area contributed by atoms with Gasteiger partial charge in [0.05, 0.1) is 12.2 Å². The maximum Gasteiger partial charge on any atom is 0.320 e. The number of rotatable bonds is 8. The summed E-state index contributed by atoms with van der Waals surface area (Å²) in [5.41, 5.74) is -0.600. The molecule has 0 saturated carbocycles. The van der Waals surface area contributed by atoms with Crippen LogP contribution in [0.25, 0.3) is 0 Å². The van der Waals surface area contributed by atoms with Gasteiger partial charge in [-0.15, -0.1) is 0 Å². The van der Waals surface area contributed by atoms with Gasteiger partial charge in [-0.1, -0.05) is 13.8 Å². The Morgan fingerprint density at radius 2 is 2.00 bits per heavy atom. The van der Waals surface area contributed by atoms with Crippen molar-refractivity contribution >= 4 is 17.8 Å². The quantitative estimate of drug-likeness (QED) is 0.684. The Kier molecular flexibility index (Phi) is 6.60. The minimum absolute atomic E-state index is 0.0106. The second-order valence-corrected chi connectivity index (χ2v) is 7.00. The molecule has 0 radical (unpaired) electrons. The molecular weight excluding hydrogens is 296 g/mol. The first-order valence-corrected chi connectivity index (χ1v) is 7.95. The first kappa shape index (κ1) is 19.0. The molecule has 1 aromatic heterocycles. The van der Waals surface area contributed by atoms with E-state index in [1.165, 1.54) is 0 Å². The van der Waals surface area contributed by atoms with E-state index in [-0.39, 0.29) is 18.5 Å². The number of aromatic nitrogens is 2. The van der Waals surface area contributed by atoms with E-state index in [2.05, 4.69) is 36.5 Å². The molecule has 1 unspecified atom stereocenters. The molecule has 0 fully saturated rings. The van der Waals surface area contributed by atoms with Crippen LogP contribution in [0.15, 0.2) is 12.3 Å². The zero-order valence-corrected chi connectivity index (χ0v) is 14.6. The third kappa shape index (κ3) is 6.71. The number of carbonyl (C=O) groups is 2. The van der Waals surface area contributed by atoms with Crippen molar-refractivity contribution in [1.82, 2.24) is 15.1 Å². The molecule has 0 bridgehead atoms. The predicted octanol–water partition coefficient (Wildman–Crippen LogP) is 3.26. The average Bonchev–Trinajstić information content (AvgIpc) is 2.83. The van der Waals surface area contributed by atoms with Gasteiger partial charge in [-0.3, -0.25) is 10.1 Å². The van der Waals surface area contributed by atoms with Crippen LogP contribution >= 0.6 is 0 Å². The minimum Gasteiger partial charge on any atom is -0.481 e. The number of nitrogens with one attached hydrogen (secondary N) is 2. The Morgan fingerprint density at radius 3 is 2.57 bits per heavy atom. The van der Waals surface area contributed by atoms with Gasteiger partial charge in [0.25, 0.3) is 0 Å². The number of urea groups is 1. The van der Waals surface area contributed by atoms with Crippen molar-refractivity contribution in [2.75, 3.05) is 5.32 Å². The van der Waals surface area contributed by atoms with Gasteiger partial charge in [0.1, 0.15) is 5.82 Å². The number of carboxylic acid groups (broad SMARTS) is 1. The minimum atomic E-state index is -0.874. The summed E-state index contributed by atoms with van der Waals surface area (Å²) in [5.74, 6) is 0.288. The summed E-state index contributed by atoms with van der Waals surface area (Å²) in [6.07, 6.45) is 2.99. The number of anilines is 1. The molecule has 1 rings (SSSR count). The summed E-state index contributed by atoms with van der Waals surface area (Å²) in [4.78, 5) is 22.8. The van der Waals surface area contributed by atoms with Crippen molar-refractivity contribution in [1.29, 1.82) is 0 Å². The highest BCUT2D eigenvalue weighted by Crippen LogP contribution is 2.21. The highest BCUT2D eigenvalue weighted by molar-refractivity contribution is 5.88. The topological polar surface area (TPSA) is 96.3 Å². The maximum absolute atomic E-state index is 12.2. The lowest BCUT2D eigenvalue weighted by Crippen LogP contribution is -2.46. The molecule has 130 valence electrons. The smallest absolute Gasteiger partial charge is 0.320 e. The fraction of sp³-hybridized carbons (Fsp3) is 0.688. The number of nitrogens with zero attached hydrogens (tertiary/aromatic N) is 2. The second-order valence-electron chi connectivity index (χ2n) is 7.00. The van der Waals surface area contributed by atoms with Gasteiger partial charge in [-0.2, -0.15) is 5.10 Å².